The fraction of sp³-hybridized carbons (Fsp3) is 0.167. The molecule has 0 aliphatic rings. The van der Waals surface area contributed by atoms with Gasteiger partial charge < -0.3 is 10.5 Å². The second-order valence-corrected chi connectivity index (χ2v) is 3.77. The topological polar surface area (TPSA) is 65.2 Å². The van der Waals surface area contributed by atoms with Gasteiger partial charge in [-0.3, -0.25) is 4.79 Å². The Morgan fingerprint density at radius 1 is 1.41 bits per heavy atom. The van der Waals surface area contributed by atoms with E-state index < -0.39 is 0 Å². The molecule has 0 atom stereocenters. The van der Waals surface area contributed by atoms with Crippen molar-refractivity contribution >= 4 is 23.5 Å². The maximum absolute atomic E-state index is 9.18. The van der Waals surface area contributed by atoms with Gasteiger partial charge in [-0.05, 0) is 19.1 Å². The zero-order valence-corrected chi connectivity index (χ0v) is 10.3. The lowest BCUT2D eigenvalue weighted by Crippen LogP contribution is -1.83. The summed E-state index contributed by atoms with van der Waals surface area (Å²) in [4.78, 5) is 13.4. The predicted octanol–water partition coefficient (Wildman–Crippen LogP) is 2.57. The Bertz CT molecular complexity index is 426. The van der Waals surface area contributed by atoms with Crippen LogP contribution in [0.1, 0.15) is 6.92 Å². The molecule has 2 rings (SSSR count). The number of anilines is 1. The maximum atomic E-state index is 9.18. The number of thiazole rings is 1. The average Bonchev–Trinajstić information content (AvgIpc) is 2.85. The van der Waals surface area contributed by atoms with Gasteiger partial charge in [0.2, 0.25) is 0 Å². The summed E-state index contributed by atoms with van der Waals surface area (Å²) in [5, 5.41) is 2.02. The Hall–Kier alpha value is -1.88. The predicted molar refractivity (Wildman–Crippen MR) is 69.7 cm³/mol. The van der Waals surface area contributed by atoms with Gasteiger partial charge in [-0.2, -0.15) is 0 Å². The Morgan fingerprint density at radius 3 is 2.53 bits per heavy atom. The number of nitrogen functional groups attached to an aromatic ring is 1. The van der Waals surface area contributed by atoms with Crippen molar-refractivity contribution in [1.29, 1.82) is 0 Å². The number of hydrogen-bond acceptors (Lipinski definition) is 5. The Kier molecular flexibility index (Phi) is 5.74. The molecule has 0 saturated heterocycles. The molecule has 0 aliphatic heterocycles. The fourth-order valence-corrected chi connectivity index (χ4v) is 1.64. The highest BCUT2D eigenvalue weighted by atomic mass is 32.1. The number of benzene rings is 1. The molecule has 17 heavy (non-hydrogen) atoms. The minimum atomic E-state index is 0.431. The molecule has 2 N–H and O–H groups in total. The summed E-state index contributed by atoms with van der Waals surface area (Å²) in [6.07, 6.45) is 0. The quantitative estimate of drug-likeness (QED) is 0.671. The van der Waals surface area contributed by atoms with E-state index in [2.05, 4.69) is 9.72 Å². The molecule has 0 radical (unpaired) electrons. The van der Waals surface area contributed by atoms with E-state index >= 15 is 0 Å². The molecule has 5 heteroatoms. The Morgan fingerprint density at radius 2 is 2.12 bits per heavy atom. The highest BCUT2D eigenvalue weighted by Gasteiger charge is 1.97. The molecule has 0 aliphatic carbocycles. The summed E-state index contributed by atoms with van der Waals surface area (Å²) in [6.45, 7) is 2.66. The second-order valence-electron chi connectivity index (χ2n) is 3.05. The monoisotopic (exact) mass is 250 g/mol. The number of nitrogens with zero attached hydrogens (tertiary/aromatic N) is 1. The lowest BCUT2D eigenvalue weighted by molar-refractivity contribution is -0.128. The molecule has 0 saturated carbocycles. The molecule has 0 spiro atoms. The van der Waals surface area contributed by atoms with Crippen LogP contribution < -0.4 is 5.73 Å². The third-order valence-corrected chi connectivity index (χ3v) is 2.46. The summed E-state index contributed by atoms with van der Waals surface area (Å²) in [5.74, 6) is 0. The molecule has 0 fully saturated rings. The van der Waals surface area contributed by atoms with Gasteiger partial charge >= 0.3 is 0 Å². The SMILES string of the molecule is CCOC=O.Nc1ccc(-c2cscn2)cc1. The average molecular weight is 250 g/mol. The molecule has 1 aromatic carbocycles. The van der Waals surface area contributed by atoms with Crippen molar-refractivity contribution in [3.05, 3.63) is 35.2 Å². The lowest BCUT2D eigenvalue weighted by atomic mass is 10.2. The summed E-state index contributed by atoms with van der Waals surface area (Å²) in [5.41, 5.74) is 10.3. The summed E-state index contributed by atoms with van der Waals surface area (Å²) < 4.78 is 4.15. The van der Waals surface area contributed by atoms with E-state index in [1.54, 1.807) is 18.3 Å². The first-order valence-electron chi connectivity index (χ1n) is 5.07. The molecular formula is C12H14N2O2S. The van der Waals surface area contributed by atoms with Crippen LogP contribution in [0.3, 0.4) is 0 Å². The Labute approximate surface area is 104 Å². The van der Waals surface area contributed by atoms with Gasteiger partial charge in [-0.25, -0.2) is 4.98 Å². The van der Waals surface area contributed by atoms with Crippen molar-refractivity contribution < 1.29 is 9.53 Å². The summed E-state index contributed by atoms with van der Waals surface area (Å²) >= 11 is 1.60. The number of carbonyl (C=O) groups is 1. The van der Waals surface area contributed by atoms with Gasteiger partial charge in [-0.1, -0.05) is 12.1 Å². The van der Waals surface area contributed by atoms with E-state index in [0.717, 1.165) is 16.9 Å². The third-order valence-electron chi connectivity index (χ3n) is 1.87. The maximum Gasteiger partial charge on any atom is 0.293 e. The highest BCUT2D eigenvalue weighted by Crippen LogP contribution is 2.19. The second kappa shape index (κ2) is 7.40. The molecule has 0 unspecified atom stereocenters. The number of carbonyl (C=O) groups excluding carboxylic acids is 1. The smallest absolute Gasteiger partial charge is 0.293 e. The van der Waals surface area contributed by atoms with Gasteiger partial charge in [0.15, 0.2) is 0 Å². The van der Waals surface area contributed by atoms with Gasteiger partial charge in [0.05, 0.1) is 17.8 Å². The number of aromatic nitrogens is 1. The highest BCUT2D eigenvalue weighted by molar-refractivity contribution is 7.07. The first kappa shape index (κ1) is 13.2. The summed E-state index contributed by atoms with van der Waals surface area (Å²) in [6, 6.07) is 7.72. The number of nitrogens with two attached hydrogens (primary N) is 1. The third kappa shape index (κ3) is 4.65. The van der Waals surface area contributed by atoms with E-state index in [1.807, 2.05) is 35.2 Å². The van der Waals surface area contributed by atoms with Gasteiger partial charge in [-0.15, -0.1) is 11.3 Å². The van der Waals surface area contributed by atoms with Gasteiger partial charge in [0.25, 0.3) is 6.47 Å². The first-order valence-corrected chi connectivity index (χ1v) is 6.01. The van der Waals surface area contributed by atoms with Gasteiger partial charge in [0.1, 0.15) is 0 Å². The molecule has 0 amide bonds. The van der Waals surface area contributed by atoms with Crippen LogP contribution in [-0.2, 0) is 9.53 Å². The zero-order chi connectivity index (χ0) is 12.5. The van der Waals surface area contributed by atoms with Crippen molar-refractivity contribution in [2.45, 2.75) is 6.92 Å². The standard InChI is InChI=1S/C9H8N2S.C3H6O2/c10-8-3-1-7(2-4-8)9-5-12-6-11-9;1-2-5-3-4/h1-6H,10H2;3H,2H2,1H3. The normalized spacial score (nSPS) is 9.00. The number of ether oxygens (including phenoxy) is 1. The number of rotatable bonds is 3. The minimum absolute atomic E-state index is 0.431. The van der Waals surface area contributed by atoms with E-state index in [4.69, 9.17) is 5.73 Å². The van der Waals surface area contributed by atoms with Crippen LogP contribution in [0.2, 0.25) is 0 Å². The zero-order valence-electron chi connectivity index (χ0n) is 9.50. The van der Waals surface area contributed by atoms with Crippen LogP contribution >= 0.6 is 11.3 Å². The van der Waals surface area contributed by atoms with Crippen LogP contribution in [0, 0.1) is 0 Å². The van der Waals surface area contributed by atoms with Crippen LogP contribution in [0.4, 0.5) is 5.69 Å². The van der Waals surface area contributed by atoms with Crippen molar-refractivity contribution in [1.82, 2.24) is 4.98 Å². The molecule has 90 valence electrons. The molecule has 4 nitrogen and oxygen atoms in total. The molecule has 1 aromatic heterocycles. The van der Waals surface area contributed by atoms with Crippen LogP contribution in [0.5, 0.6) is 0 Å². The van der Waals surface area contributed by atoms with E-state index in [1.165, 1.54) is 0 Å². The Balaban J connectivity index is 0.000000249. The number of hydrogen-bond donors (Lipinski definition) is 1. The molecular weight excluding hydrogens is 236 g/mol. The molecule has 1 heterocycles. The van der Waals surface area contributed by atoms with Gasteiger partial charge in [0, 0.05) is 16.6 Å². The fourth-order valence-electron chi connectivity index (χ4n) is 1.08. The minimum Gasteiger partial charge on any atom is -0.468 e. The van der Waals surface area contributed by atoms with E-state index in [9.17, 15) is 4.79 Å². The van der Waals surface area contributed by atoms with Crippen molar-refractivity contribution in [3.8, 4) is 11.3 Å². The first-order chi connectivity index (χ1) is 8.27. The van der Waals surface area contributed by atoms with Crippen molar-refractivity contribution in [2.75, 3.05) is 12.3 Å². The van der Waals surface area contributed by atoms with E-state index in [0.29, 0.717) is 13.1 Å². The largest absolute Gasteiger partial charge is 0.468 e. The molecule has 0 bridgehead atoms. The van der Waals surface area contributed by atoms with Crippen molar-refractivity contribution in [2.24, 2.45) is 0 Å². The summed E-state index contributed by atoms with van der Waals surface area (Å²) in [7, 11) is 0. The van der Waals surface area contributed by atoms with E-state index in [-0.39, 0.29) is 0 Å². The van der Waals surface area contributed by atoms with Crippen LogP contribution in [0.15, 0.2) is 35.2 Å². The lowest BCUT2D eigenvalue weighted by Gasteiger charge is -1.96. The van der Waals surface area contributed by atoms with Crippen LogP contribution in [-0.4, -0.2) is 18.1 Å². The molecule has 2 aromatic rings. The van der Waals surface area contributed by atoms with Crippen LogP contribution in [0.25, 0.3) is 11.3 Å². The van der Waals surface area contributed by atoms with Crippen molar-refractivity contribution in [3.63, 3.8) is 0 Å².